The van der Waals surface area contributed by atoms with Crippen LogP contribution in [0.5, 0.6) is 0 Å². The Balaban J connectivity index is 1.83. The monoisotopic (exact) mass is 318 g/mol. The van der Waals surface area contributed by atoms with Gasteiger partial charge >= 0.3 is 0 Å². The van der Waals surface area contributed by atoms with Crippen molar-refractivity contribution in [1.82, 2.24) is 15.5 Å². The molecule has 1 aromatic carbocycles. The van der Waals surface area contributed by atoms with Gasteiger partial charge in [0.2, 0.25) is 0 Å². The van der Waals surface area contributed by atoms with Crippen LogP contribution in [0.1, 0.15) is 25.0 Å². The Morgan fingerprint density at radius 2 is 1.91 bits per heavy atom. The lowest BCUT2D eigenvalue weighted by atomic mass is 10.0. The Morgan fingerprint density at radius 3 is 2.57 bits per heavy atom. The molecule has 0 bridgehead atoms. The minimum Gasteiger partial charge on any atom is -0.379 e. The predicted octanol–water partition coefficient (Wildman–Crippen LogP) is 1.77. The highest BCUT2D eigenvalue weighted by Gasteiger charge is 2.28. The van der Waals surface area contributed by atoms with Gasteiger partial charge in [-0.25, -0.2) is 0 Å². The van der Waals surface area contributed by atoms with Crippen molar-refractivity contribution in [3.05, 3.63) is 35.4 Å². The number of ether oxygens (including phenoxy) is 1. The largest absolute Gasteiger partial charge is 0.379 e. The SMILES string of the molecule is CN=C(NCc1ccccc1C)NCC(C)(C)N1CCOCC1. The second-order valence-electron chi connectivity index (χ2n) is 6.62. The van der Waals surface area contributed by atoms with Gasteiger partial charge in [0.05, 0.1) is 13.2 Å². The van der Waals surface area contributed by atoms with Gasteiger partial charge in [0.1, 0.15) is 0 Å². The van der Waals surface area contributed by atoms with Gasteiger partial charge in [-0.15, -0.1) is 0 Å². The highest BCUT2D eigenvalue weighted by molar-refractivity contribution is 5.79. The molecule has 1 saturated heterocycles. The average Bonchev–Trinajstić information content (AvgIpc) is 2.57. The predicted molar refractivity (Wildman–Crippen MR) is 95.9 cm³/mol. The fourth-order valence-electron chi connectivity index (χ4n) is 2.79. The highest BCUT2D eigenvalue weighted by atomic mass is 16.5. The number of rotatable bonds is 5. The van der Waals surface area contributed by atoms with Gasteiger partial charge in [-0.1, -0.05) is 24.3 Å². The maximum absolute atomic E-state index is 5.44. The van der Waals surface area contributed by atoms with E-state index < -0.39 is 0 Å². The quantitative estimate of drug-likeness (QED) is 0.642. The van der Waals surface area contributed by atoms with E-state index in [1.165, 1.54) is 11.1 Å². The number of hydrogen-bond acceptors (Lipinski definition) is 3. The second kappa shape index (κ2) is 8.31. The molecule has 2 N–H and O–H groups in total. The van der Waals surface area contributed by atoms with Crippen LogP contribution in [0, 0.1) is 6.92 Å². The minimum atomic E-state index is 0.0735. The molecule has 0 aliphatic carbocycles. The molecule has 0 atom stereocenters. The van der Waals surface area contributed by atoms with E-state index in [9.17, 15) is 0 Å². The van der Waals surface area contributed by atoms with Gasteiger partial charge in [-0.2, -0.15) is 0 Å². The number of benzene rings is 1. The first-order valence-corrected chi connectivity index (χ1v) is 8.35. The molecule has 23 heavy (non-hydrogen) atoms. The van der Waals surface area contributed by atoms with E-state index >= 15 is 0 Å². The fraction of sp³-hybridized carbons (Fsp3) is 0.611. The molecule has 1 aliphatic heterocycles. The Bertz CT molecular complexity index is 522. The van der Waals surface area contributed by atoms with Gasteiger partial charge in [0, 0.05) is 38.8 Å². The summed E-state index contributed by atoms with van der Waals surface area (Å²) >= 11 is 0. The van der Waals surface area contributed by atoms with Crippen LogP contribution in [0.2, 0.25) is 0 Å². The van der Waals surface area contributed by atoms with E-state index in [0.29, 0.717) is 0 Å². The zero-order valence-corrected chi connectivity index (χ0v) is 14.9. The normalized spacial score (nSPS) is 17.1. The average molecular weight is 318 g/mol. The van der Waals surface area contributed by atoms with Crippen molar-refractivity contribution < 1.29 is 4.74 Å². The summed E-state index contributed by atoms with van der Waals surface area (Å²) in [6, 6.07) is 8.42. The number of nitrogens with one attached hydrogen (secondary N) is 2. The highest BCUT2D eigenvalue weighted by Crippen LogP contribution is 2.15. The topological polar surface area (TPSA) is 48.9 Å². The van der Waals surface area contributed by atoms with Crippen molar-refractivity contribution in [1.29, 1.82) is 0 Å². The van der Waals surface area contributed by atoms with E-state index in [1.54, 1.807) is 0 Å². The van der Waals surface area contributed by atoms with Crippen molar-refractivity contribution in [2.24, 2.45) is 4.99 Å². The summed E-state index contributed by atoms with van der Waals surface area (Å²) in [6.07, 6.45) is 0. The van der Waals surface area contributed by atoms with Crippen molar-refractivity contribution in [2.75, 3.05) is 39.9 Å². The maximum atomic E-state index is 5.44. The summed E-state index contributed by atoms with van der Waals surface area (Å²) in [4.78, 5) is 6.80. The maximum Gasteiger partial charge on any atom is 0.191 e. The molecular weight excluding hydrogens is 288 g/mol. The van der Waals surface area contributed by atoms with Crippen LogP contribution in [0.3, 0.4) is 0 Å². The zero-order chi connectivity index (χ0) is 16.7. The first-order valence-electron chi connectivity index (χ1n) is 8.35. The minimum absolute atomic E-state index is 0.0735. The van der Waals surface area contributed by atoms with Gasteiger partial charge in [0.25, 0.3) is 0 Å². The van der Waals surface area contributed by atoms with Crippen LogP contribution in [0.25, 0.3) is 0 Å². The molecule has 1 fully saturated rings. The summed E-state index contributed by atoms with van der Waals surface area (Å²) < 4.78 is 5.44. The third kappa shape index (κ3) is 5.22. The Morgan fingerprint density at radius 1 is 1.22 bits per heavy atom. The van der Waals surface area contributed by atoms with Crippen LogP contribution in [-0.4, -0.2) is 56.3 Å². The molecule has 0 spiro atoms. The Hall–Kier alpha value is -1.59. The first-order chi connectivity index (χ1) is 11.0. The molecule has 0 unspecified atom stereocenters. The molecule has 5 heteroatoms. The molecule has 2 rings (SSSR count). The van der Waals surface area contributed by atoms with Crippen LogP contribution in [0.4, 0.5) is 0 Å². The van der Waals surface area contributed by atoms with Crippen molar-refractivity contribution in [3.63, 3.8) is 0 Å². The van der Waals surface area contributed by atoms with E-state index in [1.807, 2.05) is 7.05 Å². The lowest BCUT2D eigenvalue weighted by Crippen LogP contribution is -2.56. The lowest BCUT2D eigenvalue weighted by Gasteiger charge is -2.41. The van der Waals surface area contributed by atoms with Crippen molar-refractivity contribution in [3.8, 4) is 0 Å². The van der Waals surface area contributed by atoms with Crippen LogP contribution in [-0.2, 0) is 11.3 Å². The molecule has 128 valence electrons. The summed E-state index contributed by atoms with van der Waals surface area (Å²) in [5.74, 6) is 0.842. The molecule has 1 aromatic rings. The number of morpholine rings is 1. The third-order valence-electron chi connectivity index (χ3n) is 4.49. The zero-order valence-electron chi connectivity index (χ0n) is 14.9. The van der Waals surface area contributed by atoms with E-state index in [-0.39, 0.29) is 5.54 Å². The molecule has 0 amide bonds. The third-order valence-corrected chi connectivity index (χ3v) is 4.49. The molecule has 0 aromatic heterocycles. The van der Waals surface area contributed by atoms with Crippen molar-refractivity contribution in [2.45, 2.75) is 32.9 Å². The van der Waals surface area contributed by atoms with E-state index in [4.69, 9.17) is 4.74 Å². The van der Waals surface area contributed by atoms with Crippen LogP contribution >= 0.6 is 0 Å². The standard InChI is InChI=1S/C18H30N4O/c1-15-7-5-6-8-16(15)13-20-17(19-4)21-14-18(2,3)22-9-11-23-12-10-22/h5-8H,9-14H2,1-4H3,(H2,19,20,21). The molecule has 1 heterocycles. The van der Waals surface area contributed by atoms with Gasteiger partial charge in [0.15, 0.2) is 5.96 Å². The van der Waals surface area contributed by atoms with E-state index in [2.05, 4.69) is 65.6 Å². The number of aryl methyl sites for hydroxylation is 1. The fourth-order valence-corrected chi connectivity index (χ4v) is 2.79. The first kappa shape index (κ1) is 17.8. The molecular formula is C18H30N4O. The smallest absolute Gasteiger partial charge is 0.191 e. The summed E-state index contributed by atoms with van der Waals surface area (Å²) in [5.41, 5.74) is 2.66. The molecule has 0 saturated carbocycles. The van der Waals surface area contributed by atoms with Crippen molar-refractivity contribution >= 4 is 5.96 Å². The Labute approximate surface area is 140 Å². The van der Waals surface area contributed by atoms with Crippen LogP contribution in [0.15, 0.2) is 29.3 Å². The number of aliphatic imine (C=N–C) groups is 1. The molecule has 0 radical (unpaired) electrons. The van der Waals surface area contributed by atoms with Gasteiger partial charge in [-0.05, 0) is 31.9 Å². The van der Waals surface area contributed by atoms with Gasteiger partial charge < -0.3 is 15.4 Å². The molecule has 1 aliphatic rings. The van der Waals surface area contributed by atoms with E-state index in [0.717, 1.165) is 45.4 Å². The van der Waals surface area contributed by atoms with Crippen LogP contribution < -0.4 is 10.6 Å². The molecule has 5 nitrogen and oxygen atoms in total. The number of guanidine groups is 1. The number of hydrogen-bond donors (Lipinski definition) is 2. The summed E-state index contributed by atoms with van der Waals surface area (Å²) in [5, 5.41) is 6.85. The summed E-state index contributed by atoms with van der Waals surface area (Å²) in [6.45, 7) is 11.9. The van der Waals surface area contributed by atoms with Gasteiger partial charge in [-0.3, -0.25) is 9.89 Å². The number of nitrogens with zero attached hydrogens (tertiary/aromatic N) is 2. The second-order valence-corrected chi connectivity index (χ2v) is 6.62. The lowest BCUT2D eigenvalue weighted by molar-refractivity contribution is -0.00834. The Kier molecular flexibility index (Phi) is 6.42. The summed E-state index contributed by atoms with van der Waals surface area (Å²) in [7, 11) is 1.81.